The molecule has 76 valence electrons. The third-order valence-corrected chi connectivity index (χ3v) is 1.88. The number of carbonyl (C=O) groups excluding carboxylic acids is 1. The minimum Gasteiger partial charge on any atom is -0.465 e. The Morgan fingerprint density at radius 1 is 1.57 bits per heavy atom. The summed E-state index contributed by atoms with van der Waals surface area (Å²) in [6, 6.07) is 7.08. The first kappa shape index (κ1) is 10.7. The maximum Gasteiger partial charge on any atom is 0.337 e. The van der Waals surface area contributed by atoms with E-state index in [0.717, 1.165) is 5.56 Å². The summed E-state index contributed by atoms with van der Waals surface area (Å²) >= 11 is 0. The van der Waals surface area contributed by atoms with E-state index in [1.165, 1.54) is 7.11 Å². The van der Waals surface area contributed by atoms with Crippen LogP contribution in [0.4, 0.5) is 0 Å². The third kappa shape index (κ3) is 2.85. The Morgan fingerprint density at radius 2 is 2.29 bits per heavy atom. The molecule has 0 fully saturated rings. The molecule has 0 radical (unpaired) electrons. The molecular formula is C11H14O3. The highest BCUT2D eigenvalue weighted by Crippen LogP contribution is 2.08. The molecule has 0 saturated heterocycles. The smallest absolute Gasteiger partial charge is 0.337 e. The molecule has 1 N–H and O–H groups in total. The Morgan fingerprint density at radius 3 is 2.86 bits per heavy atom. The lowest BCUT2D eigenvalue weighted by Gasteiger charge is -2.05. The van der Waals surface area contributed by atoms with Gasteiger partial charge in [0, 0.05) is 0 Å². The van der Waals surface area contributed by atoms with Gasteiger partial charge >= 0.3 is 5.97 Å². The number of hydrogen-bond donors (Lipinski definition) is 1. The molecule has 14 heavy (non-hydrogen) atoms. The Bertz CT molecular complexity index is 318. The van der Waals surface area contributed by atoms with Crippen LogP contribution in [0, 0.1) is 0 Å². The molecule has 3 nitrogen and oxygen atoms in total. The highest BCUT2D eigenvalue weighted by Gasteiger charge is 2.06. The summed E-state index contributed by atoms with van der Waals surface area (Å²) in [7, 11) is 1.35. The van der Waals surface area contributed by atoms with Crippen LogP contribution in [0.25, 0.3) is 0 Å². The number of aliphatic hydroxyl groups excluding tert-OH is 1. The van der Waals surface area contributed by atoms with Crippen molar-refractivity contribution >= 4 is 5.97 Å². The molecule has 0 heterocycles. The van der Waals surface area contributed by atoms with Crippen molar-refractivity contribution in [2.45, 2.75) is 19.4 Å². The number of carbonyl (C=O) groups is 1. The summed E-state index contributed by atoms with van der Waals surface area (Å²) in [5.41, 5.74) is 1.45. The predicted molar refractivity (Wildman–Crippen MR) is 53.2 cm³/mol. The topological polar surface area (TPSA) is 46.5 Å². The molecule has 1 aromatic carbocycles. The number of benzene rings is 1. The molecule has 0 saturated carbocycles. The number of esters is 1. The van der Waals surface area contributed by atoms with Gasteiger partial charge in [0.25, 0.3) is 0 Å². The fourth-order valence-electron chi connectivity index (χ4n) is 1.28. The molecule has 1 rings (SSSR count). The first-order chi connectivity index (χ1) is 6.63. The summed E-state index contributed by atoms with van der Waals surface area (Å²) in [4.78, 5) is 11.2. The van der Waals surface area contributed by atoms with Gasteiger partial charge in [-0.05, 0) is 31.0 Å². The highest BCUT2D eigenvalue weighted by atomic mass is 16.5. The molecule has 0 aliphatic carbocycles. The Hall–Kier alpha value is -1.35. The number of aliphatic hydroxyl groups is 1. The van der Waals surface area contributed by atoms with E-state index >= 15 is 0 Å². The van der Waals surface area contributed by atoms with Crippen molar-refractivity contribution in [3.63, 3.8) is 0 Å². The van der Waals surface area contributed by atoms with E-state index in [-0.39, 0.29) is 5.97 Å². The zero-order valence-electron chi connectivity index (χ0n) is 8.36. The first-order valence-corrected chi connectivity index (χ1v) is 4.49. The Labute approximate surface area is 83.3 Å². The maximum absolute atomic E-state index is 11.2. The number of methoxy groups -OCH3 is 1. The van der Waals surface area contributed by atoms with E-state index in [9.17, 15) is 9.90 Å². The lowest BCUT2D eigenvalue weighted by Crippen LogP contribution is -2.06. The second-order valence-electron chi connectivity index (χ2n) is 3.25. The second kappa shape index (κ2) is 4.77. The molecule has 0 aromatic heterocycles. The van der Waals surface area contributed by atoms with Gasteiger partial charge in [0.15, 0.2) is 0 Å². The van der Waals surface area contributed by atoms with Crippen molar-refractivity contribution in [2.24, 2.45) is 0 Å². The van der Waals surface area contributed by atoms with E-state index in [4.69, 9.17) is 0 Å². The summed E-state index contributed by atoms with van der Waals surface area (Å²) < 4.78 is 4.59. The minimum absolute atomic E-state index is 0.350. The molecule has 1 atom stereocenters. The zero-order valence-corrected chi connectivity index (χ0v) is 8.36. The van der Waals surface area contributed by atoms with Gasteiger partial charge in [0.1, 0.15) is 0 Å². The van der Waals surface area contributed by atoms with Crippen LogP contribution < -0.4 is 0 Å². The summed E-state index contributed by atoms with van der Waals surface area (Å²) in [6.07, 6.45) is 0.146. The lowest BCUT2D eigenvalue weighted by atomic mass is 10.1. The van der Waals surface area contributed by atoms with E-state index in [1.54, 1.807) is 25.1 Å². The van der Waals surface area contributed by atoms with Crippen molar-refractivity contribution in [3.8, 4) is 0 Å². The Balaban J connectivity index is 2.84. The van der Waals surface area contributed by atoms with E-state index in [0.29, 0.717) is 12.0 Å². The molecule has 0 aliphatic heterocycles. The van der Waals surface area contributed by atoms with Crippen LogP contribution >= 0.6 is 0 Å². The van der Waals surface area contributed by atoms with Gasteiger partial charge in [-0.1, -0.05) is 12.1 Å². The largest absolute Gasteiger partial charge is 0.465 e. The zero-order chi connectivity index (χ0) is 10.6. The maximum atomic E-state index is 11.2. The number of rotatable bonds is 3. The van der Waals surface area contributed by atoms with Crippen LogP contribution in [0.2, 0.25) is 0 Å². The van der Waals surface area contributed by atoms with Crippen LogP contribution in [-0.2, 0) is 11.2 Å². The van der Waals surface area contributed by atoms with Crippen molar-refractivity contribution in [3.05, 3.63) is 35.4 Å². The normalized spacial score (nSPS) is 12.2. The monoisotopic (exact) mass is 194 g/mol. The standard InChI is InChI=1S/C11H14O3/c1-8(12)6-9-4-3-5-10(7-9)11(13)14-2/h3-5,7-8,12H,6H2,1-2H3. The molecule has 3 heteroatoms. The van der Waals surface area contributed by atoms with Gasteiger partial charge < -0.3 is 9.84 Å². The van der Waals surface area contributed by atoms with Crippen LogP contribution in [-0.4, -0.2) is 24.3 Å². The molecule has 0 aliphatic rings. The van der Waals surface area contributed by atoms with Crippen molar-refractivity contribution in [2.75, 3.05) is 7.11 Å². The number of hydrogen-bond acceptors (Lipinski definition) is 3. The van der Waals surface area contributed by atoms with E-state index < -0.39 is 6.10 Å². The molecule has 1 aromatic rings. The Kier molecular flexibility index (Phi) is 3.65. The van der Waals surface area contributed by atoms with Gasteiger partial charge in [-0.15, -0.1) is 0 Å². The van der Waals surface area contributed by atoms with E-state index in [1.807, 2.05) is 6.07 Å². The fourth-order valence-corrected chi connectivity index (χ4v) is 1.28. The average Bonchev–Trinajstić information content (AvgIpc) is 2.16. The summed E-state index contributed by atoms with van der Waals surface area (Å²) in [6.45, 7) is 1.71. The predicted octanol–water partition coefficient (Wildman–Crippen LogP) is 1.40. The van der Waals surface area contributed by atoms with Gasteiger partial charge in [0.05, 0.1) is 18.8 Å². The third-order valence-electron chi connectivity index (χ3n) is 1.88. The summed E-state index contributed by atoms with van der Waals surface area (Å²) in [5.74, 6) is -0.350. The molecular weight excluding hydrogens is 180 g/mol. The molecule has 0 spiro atoms. The van der Waals surface area contributed by atoms with Crippen LogP contribution in [0.1, 0.15) is 22.8 Å². The van der Waals surface area contributed by atoms with Crippen LogP contribution in [0.15, 0.2) is 24.3 Å². The molecule has 0 bridgehead atoms. The first-order valence-electron chi connectivity index (χ1n) is 4.49. The average molecular weight is 194 g/mol. The minimum atomic E-state index is -0.400. The van der Waals surface area contributed by atoms with Crippen molar-refractivity contribution in [1.29, 1.82) is 0 Å². The molecule has 1 unspecified atom stereocenters. The quantitative estimate of drug-likeness (QED) is 0.740. The van der Waals surface area contributed by atoms with Gasteiger partial charge in [-0.2, -0.15) is 0 Å². The van der Waals surface area contributed by atoms with Gasteiger partial charge in [-0.3, -0.25) is 0 Å². The highest BCUT2D eigenvalue weighted by molar-refractivity contribution is 5.89. The van der Waals surface area contributed by atoms with Crippen LogP contribution in [0.3, 0.4) is 0 Å². The fraction of sp³-hybridized carbons (Fsp3) is 0.364. The summed E-state index contributed by atoms with van der Waals surface area (Å²) in [5, 5.41) is 9.18. The van der Waals surface area contributed by atoms with Gasteiger partial charge in [-0.25, -0.2) is 4.79 Å². The second-order valence-corrected chi connectivity index (χ2v) is 3.25. The van der Waals surface area contributed by atoms with Crippen molar-refractivity contribution in [1.82, 2.24) is 0 Å². The number of ether oxygens (including phenoxy) is 1. The van der Waals surface area contributed by atoms with Gasteiger partial charge in [0.2, 0.25) is 0 Å². The lowest BCUT2D eigenvalue weighted by molar-refractivity contribution is 0.0600. The molecule has 0 amide bonds. The van der Waals surface area contributed by atoms with Crippen molar-refractivity contribution < 1.29 is 14.6 Å². The van der Waals surface area contributed by atoms with E-state index in [2.05, 4.69) is 4.74 Å². The van der Waals surface area contributed by atoms with Crippen LogP contribution in [0.5, 0.6) is 0 Å². The SMILES string of the molecule is COC(=O)c1cccc(CC(C)O)c1.